The molecule has 104 valence electrons. The molecule has 0 spiro atoms. The van der Waals surface area contributed by atoms with Crippen LogP contribution in [0.2, 0.25) is 0 Å². The average Bonchev–Trinajstić information content (AvgIpc) is 2.85. The molecule has 2 aliphatic heterocycles. The molecule has 0 bridgehead atoms. The van der Waals surface area contributed by atoms with Gasteiger partial charge < -0.3 is 9.80 Å². The molecular weight excluding hydrogens is 208 g/mol. The number of nitrogens with zero attached hydrogens (tertiary/aromatic N) is 2. The van der Waals surface area contributed by atoms with Crippen LogP contribution in [-0.2, 0) is 0 Å². The number of piperidine rings is 1. The van der Waals surface area contributed by atoms with Crippen LogP contribution in [0.15, 0.2) is 0 Å². The minimum atomic E-state index is 0.979. The first-order valence-electron chi connectivity index (χ1n) is 7.63. The second-order valence-corrected chi connectivity index (χ2v) is 5.13. The predicted molar refractivity (Wildman–Crippen MR) is 78.6 cm³/mol. The van der Waals surface area contributed by atoms with Gasteiger partial charge in [-0.1, -0.05) is 27.7 Å². The van der Waals surface area contributed by atoms with Gasteiger partial charge in [-0.25, -0.2) is 0 Å². The molecule has 2 heteroatoms. The molecule has 0 aromatic heterocycles. The Kier molecular flexibility index (Phi) is 11.0. The van der Waals surface area contributed by atoms with Crippen molar-refractivity contribution in [2.75, 3.05) is 39.8 Å². The third-order valence-electron chi connectivity index (χ3n) is 3.65. The molecule has 2 saturated heterocycles. The van der Waals surface area contributed by atoms with Crippen LogP contribution in [0.25, 0.3) is 0 Å². The Morgan fingerprint density at radius 2 is 1.41 bits per heavy atom. The molecule has 2 nitrogen and oxygen atoms in total. The molecule has 0 saturated carbocycles. The zero-order valence-electron chi connectivity index (χ0n) is 12.8. The lowest BCUT2D eigenvalue weighted by Crippen LogP contribution is -2.32. The minimum absolute atomic E-state index is 0.979. The molecule has 2 fully saturated rings. The molecule has 2 rings (SSSR count). The Morgan fingerprint density at radius 1 is 0.941 bits per heavy atom. The van der Waals surface area contributed by atoms with Gasteiger partial charge in [0.25, 0.3) is 0 Å². The lowest BCUT2D eigenvalue weighted by molar-refractivity contribution is 0.201. The monoisotopic (exact) mass is 242 g/mol. The van der Waals surface area contributed by atoms with Crippen LogP contribution >= 0.6 is 0 Å². The van der Waals surface area contributed by atoms with Gasteiger partial charge in [0.2, 0.25) is 0 Å². The topological polar surface area (TPSA) is 6.48 Å². The van der Waals surface area contributed by atoms with Crippen molar-refractivity contribution in [1.82, 2.24) is 9.80 Å². The highest BCUT2D eigenvalue weighted by molar-refractivity contribution is 4.67. The van der Waals surface area contributed by atoms with Gasteiger partial charge in [-0.15, -0.1) is 0 Å². The number of hydrogen-bond acceptors (Lipinski definition) is 2. The van der Waals surface area contributed by atoms with E-state index in [-0.39, 0.29) is 0 Å². The second kappa shape index (κ2) is 11.0. The van der Waals surface area contributed by atoms with Gasteiger partial charge in [0.15, 0.2) is 0 Å². The van der Waals surface area contributed by atoms with E-state index in [1.807, 2.05) is 13.8 Å². The molecule has 17 heavy (non-hydrogen) atoms. The van der Waals surface area contributed by atoms with Crippen molar-refractivity contribution in [3.63, 3.8) is 0 Å². The van der Waals surface area contributed by atoms with E-state index < -0.39 is 0 Å². The Bertz CT molecular complexity index is 145. The first-order valence-corrected chi connectivity index (χ1v) is 7.63. The predicted octanol–water partition coefficient (Wildman–Crippen LogP) is 3.48. The van der Waals surface area contributed by atoms with Crippen LogP contribution < -0.4 is 0 Å². The normalized spacial score (nSPS) is 22.4. The van der Waals surface area contributed by atoms with Crippen LogP contribution in [0.4, 0.5) is 0 Å². The minimum Gasteiger partial charge on any atom is -0.306 e. The van der Waals surface area contributed by atoms with E-state index in [1.54, 1.807) is 0 Å². The van der Waals surface area contributed by atoms with E-state index in [4.69, 9.17) is 0 Å². The van der Waals surface area contributed by atoms with Gasteiger partial charge in [0.1, 0.15) is 0 Å². The Balaban J connectivity index is 0.000000278. The van der Waals surface area contributed by atoms with E-state index in [1.165, 1.54) is 58.4 Å². The highest BCUT2D eigenvalue weighted by Gasteiger charge is 2.12. The maximum Gasteiger partial charge on any atom is -0.00163 e. The van der Waals surface area contributed by atoms with E-state index in [9.17, 15) is 0 Å². The van der Waals surface area contributed by atoms with Crippen LogP contribution in [0.5, 0.6) is 0 Å². The van der Waals surface area contributed by atoms with Gasteiger partial charge in [0, 0.05) is 0 Å². The third kappa shape index (κ3) is 8.62. The molecule has 0 amide bonds. The van der Waals surface area contributed by atoms with Gasteiger partial charge in [-0.05, 0) is 71.4 Å². The number of likely N-dealkylation sites (tertiary alicyclic amines) is 2. The fourth-order valence-corrected chi connectivity index (χ4v) is 2.25. The molecule has 2 aliphatic rings. The SMILES string of the molecule is CC.CCN1CCC(C)CC1.CN1CCCC1. The Morgan fingerprint density at radius 3 is 1.71 bits per heavy atom. The lowest BCUT2D eigenvalue weighted by atomic mass is 9.99. The summed E-state index contributed by atoms with van der Waals surface area (Å²) in [6.45, 7) is 15.1. The van der Waals surface area contributed by atoms with Crippen LogP contribution in [0.1, 0.15) is 53.4 Å². The molecule has 0 radical (unpaired) electrons. The summed E-state index contributed by atoms with van der Waals surface area (Å²) in [7, 11) is 2.17. The third-order valence-corrected chi connectivity index (χ3v) is 3.65. The molecule has 0 aromatic rings. The van der Waals surface area contributed by atoms with E-state index >= 15 is 0 Å². The maximum absolute atomic E-state index is 2.53. The summed E-state index contributed by atoms with van der Waals surface area (Å²) in [5.41, 5.74) is 0. The zero-order valence-corrected chi connectivity index (χ0v) is 12.8. The summed E-state index contributed by atoms with van der Waals surface area (Å²) in [6, 6.07) is 0. The summed E-state index contributed by atoms with van der Waals surface area (Å²) in [5.74, 6) is 0.979. The summed E-state index contributed by atoms with van der Waals surface area (Å²) in [4.78, 5) is 4.89. The number of rotatable bonds is 1. The molecule has 0 aromatic carbocycles. The summed E-state index contributed by atoms with van der Waals surface area (Å²) in [5, 5.41) is 0. The van der Waals surface area contributed by atoms with Crippen molar-refractivity contribution in [2.24, 2.45) is 5.92 Å². The van der Waals surface area contributed by atoms with Crippen molar-refractivity contribution < 1.29 is 0 Å². The van der Waals surface area contributed by atoms with Crippen LogP contribution in [0, 0.1) is 5.92 Å². The van der Waals surface area contributed by atoms with Crippen molar-refractivity contribution >= 4 is 0 Å². The molecular formula is C15H34N2. The van der Waals surface area contributed by atoms with Gasteiger partial charge >= 0.3 is 0 Å². The van der Waals surface area contributed by atoms with E-state index in [0.29, 0.717) is 0 Å². The summed E-state index contributed by atoms with van der Waals surface area (Å²) >= 11 is 0. The lowest BCUT2D eigenvalue weighted by Gasteiger charge is -2.28. The van der Waals surface area contributed by atoms with Crippen molar-refractivity contribution in [3.05, 3.63) is 0 Å². The molecule has 0 atom stereocenters. The quantitative estimate of drug-likeness (QED) is 0.694. The molecule has 0 aliphatic carbocycles. The summed E-state index contributed by atoms with van der Waals surface area (Å²) < 4.78 is 0. The van der Waals surface area contributed by atoms with E-state index in [2.05, 4.69) is 30.7 Å². The fourth-order valence-electron chi connectivity index (χ4n) is 2.25. The number of hydrogen-bond donors (Lipinski definition) is 0. The van der Waals surface area contributed by atoms with Gasteiger partial charge in [0.05, 0.1) is 0 Å². The maximum atomic E-state index is 2.53. The van der Waals surface area contributed by atoms with Crippen LogP contribution in [-0.4, -0.2) is 49.6 Å². The molecule has 0 N–H and O–H groups in total. The van der Waals surface area contributed by atoms with Gasteiger partial charge in [-0.2, -0.15) is 0 Å². The highest BCUT2D eigenvalue weighted by atomic mass is 15.1. The highest BCUT2D eigenvalue weighted by Crippen LogP contribution is 2.14. The standard InChI is InChI=1S/C8H17N.C5H11N.C2H6/c1-3-9-6-4-8(2)5-7-9;1-6-4-2-3-5-6;1-2/h8H,3-7H2,1-2H3;2-5H2,1H3;1-2H3. The van der Waals surface area contributed by atoms with Crippen molar-refractivity contribution in [2.45, 2.75) is 53.4 Å². The van der Waals surface area contributed by atoms with Crippen molar-refractivity contribution in [3.8, 4) is 0 Å². The summed E-state index contributed by atoms with van der Waals surface area (Å²) in [6.07, 6.45) is 5.65. The molecule has 2 heterocycles. The van der Waals surface area contributed by atoms with Crippen LogP contribution in [0.3, 0.4) is 0 Å². The largest absolute Gasteiger partial charge is 0.306 e. The average molecular weight is 242 g/mol. The first-order chi connectivity index (χ1) is 8.22. The Labute approximate surface area is 109 Å². The van der Waals surface area contributed by atoms with Gasteiger partial charge in [-0.3, -0.25) is 0 Å². The molecule has 0 unspecified atom stereocenters. The van der Waals surface area contributed by atoms with E-state index in [0.717, 1.165) is 5.92 Å². The smallest absolute Gasteiger partial charge is 0.00163 e. The first kappa shape index (κ1) is 16.9. The fraction of sp³-hybridized carbons (Fsp3) is 1.00. The zero-order chi connectivity index (χ0) is 13.1. The second-order valence-electron chi connectivity index (χ2n) is 5.13. The van der Waals surface area contributed by atoms with Crippen molar-refractivity contribution in [1.29, 1.82) is 0 Å². The Hall–Kier alpha value is -0.0800.